The highest BCUT2D eigenvalue weighted by molar-refractivity contribution is 9.10. The highest BCUT2D eigenvalue weighted by atomic mass is 79.9. The molecule has 1 N–H and O–H groups in total. The third-order valence-corrected chi connectivity index (χ3v) is 5.17. The summed E-state index contributed by atoms with van der Waals surface area (Å²) in [4.78, 5) is 22.6. The number of anilines is 1. The summed E-state index contributed by atoms with van der Waals surface area (Å²) < 4.78 is 3.62. The van der Waals surface area contributed by atoms with Gasteiger partial charge in [0.25, 0.3) is 0 Å². The first-order valence-electron chi connectivity index (χ1n) is 8.38. The molecule has 29 heavy (non-hydrogen) atoms. The summed E-state index contributed by atoms with van der Waals surface area (Å²) in [6, 6.07) is 5.20. The molecule has 3 aromatic rings. The van der Waals surface area contributed by atoms with E-state index in [9.17, 15) is 14.9 Å². The van der Waals surface area contributed by atoms with Crippen molar-refractivity contribution in [1.29, 1.82) is 0 Å². The second-order valence-electron chi connectivity index (χ2n) is 6.18. The van der Waals surface area contributed by atoms with Crippen LogP contribution in [-0.4, -0.2) is 30.4 Å². The Bertz CT molecular complexity index is 1080. The summed E-state index contributed by atoms with van der Waals surface area (Å²) in [6.07, 6.45) is 3.12. The second-order valence-corrected chi connectivity index (χ2v) is 7.88. The first kappa shape index (κ1) is 21.3. The normalized spacial score (nSPS) is 10.9. The fourth-order valence-corrected chi connectivity index (χ4v) is 3.48. The number of nitro groups is 1. The van der Waals surface area contributed by atoms with Crippen molar-refractivity contribution < 1.29 is 9.72 Å². The number of hydrogen-bond donors (Lipinski definition) is 1. The van der Waals surface area contributed by atoms with E-state index in [1.807, 2.05) is 6.07 Å². The van der Waals surface area contributed by atoms with Crippen molar-refractivity contribution in [3.63, 3.8) is 0 Å². The first-order valence-corrected chi connectivity index (χ1v) is 9.93. The molecule has 0 spiro atoms. The number of amides is 1. The first-order chi connectivity index (χ1) is 13.7. The molecule has 0 aliphatic heterocycles. The van der Waals surface area contributed by atoms with Crippen LogP contribution in [0.4, 0.5) is 11.5 Å². The average molecular weight is 502 g/mol. The van der Waals surface area contributed by atoms with Gasteiger partial charge in [0.2, 0.25) is 5.91 Å². The summed E-state index contributed by atoms with van der Waals surface area (Å²) in [5.41, 5.74) is 1.06. The minimum Gasteiger partial charge on any atom is -0.308 e. The number of hydrogen-bond acceptors (Lipinski definition) is 5. The molecule has 152 valence electrons. The highest BCUT2D eigenvalue weighted by Crippen LogP contribution is 2.24. The molecule has 0 aliphatic rings. The predicted octanol–water partition coefficient (Wildman–Crippen LogP) is 4.44. The van der Waals surface area contributed by atoms with E-state index in [1.165, 1.54) is 10.9 Å². The lowest BCUT2D eigenvalue weighted by Gasteiger charge is -2.05. The number of aryl methyl sites for hydroxylation is 2. The van der Waals surface area contributed by atoms with Crippen molar-refractivity contribution in [2.45, 2.75) is 26.4 Å². The summed E-state index contributed by atoms with van der Waals surface area (Å²) in [5, 5.41) is 23.0. The Morgan fingerprint density at radius 2 is 2.03 bits per heavy atom. The van der Waals surface area contributed by atoms with E-state index in [-0.39, 0.29) is 24.6 Å². The minimum atomic E-state index is -0.504. The molecule has 1 aromatic carbocycles. The number of halogens is 3. The number of benzene rings is 1. The van der Waals surface area contributed by atoms with Crippen LogP contribution in [0.2, 0.25) is 10.0 Å². The van der Waals surface area contributed by atoms with Gasteiger partial charge in [0.15, 0.2) is 5.82 Å². The zero-order valence-electron chi connectivity index (χ0n) is 15.1. The Hall–Kier alpha value is -2.43. The fraction of sp³-hybridized carbons (Fsp3) is 0.235. The van der Waals surface area contributed by atoms with E-state index in [4.69, 9.17) is 23.2 Å². The molecule has 12 heteroatoms. The van der Waals surface area contributed by atoms with Crippen molar-refractivity contribution in [2.24, 2.45) is 0 Å². The second kappa shape index (κ2) is 8.93. The zero-order chi connectivity index (χ0) is 21.1. The Labute approximate surface area is 183 Å². The van der Waals surface area contributed by atoms with E-state index < -0.39 is 4.92 Å². The van der Waals surface area contributed by atoms with Gasteiger partial charge < -0.3 is 5.32 Å². The maximum absolute atomic E-state index is 12.2. The van der Waals surface area contributed by atoms with Gasteiger partial charge in [-0.15, -0.1) is 0 Å². The number of nitrogens with zero attached hydrogens (tertiary/aromatic N) is 5. The van der Waals surface area contributed by atoms with Crippen molar-refractivity contribution in [1.82, 2.24) is 19.6 Å². The molecule has 0 fully saturated rings. The average Bonchev–Trinajstić information content (AvgIpc) is 3.18. The van der Waals surface area contributed by atoms with Crippen molar-refractivity contribution in [2.75, 3.05) is 5.32 Å². The molecular formula is C17H15BrCl2N6O3. The summed E-state index contributed by atoms with van der Waals surface area (Å²) in [5.74, 6) is 0.0685. The molecule has 0 bridgehead atoms. The summed E-state index contributed by atoms with van der Waals surface area (Å²) >= 11 is 15.5. The van der Waals surface area contributed by atoms with Gasteiger partial charge in [0.05, 0.1) is 15.9 Å². The third-order valence-electron chi connectivity index (χ3n) is 4.01. The van der Waals surface area contributed by atoms with Crippen LogP contribution in [0.25, 0.3) is 0 Å². The molecule has 9 nitrogen and oxygen atoms in total. The Morgan fingerprint density at radius 1 is 1.28 bits per heavy atom. The molecule has 0 saturated heterocycles. The lowest BCUT2D eigenvalue weighted by Crippen LogP contribution is -2.15. The number of aromatic nitrogens is 4. The van der Waals surface area contributed by atoms with E-state index >= 15 is 0 Å². The van der Waals surface area contributed by atoms with Crippen molar-refractivity contribution >= 4 is 56.5 Å². The third kappa shape index (κ3) is 5.34. The minimum absolute atomic E-state index is 0.0762. The van der Waals surface area contributed by atoms with Crippen molar-refractivity contribution in [3.8, 4) is 0 Å². The number of nitrogens with one attached hydrogen (secondary N) is 1. The Balaban J connectivity index is 1.61. The largest absolute Gasteiger partial charge is 0.309 e. The monoisotopic (exact) mass is 500 g/mol. The molecule has 3 rings (SSSR count). The van der Waals surface area contributed by atoms with Crippen LogP contribution in [0.15, 0.2) is 35.1 Å². The smallest absolute Gasteiger partial charge is 0.308 e. The predicted molar refractivity (Wildman–Crippen MR) is 112 cm³/mol. The standard InChI is InChI=1S/C17H15BrCl2N6O3/c1-10-15(26(28)29)9-24(22-10)5-4-16(27)21-17-13(18)8-25(23-17)7-11-2-3-12(19)6-14(11)20/h2-3,6,8-9H,4-5,7H2,1H3,(H,21,23,27). The Morgan fingerprint density at radius 3 is 2.69 bits per heavy atom. The summed E-state index contributed by atoms with van der Waals surface area (Å²) in [6.45, 7) is 2.16. The maximum Gasteiger partial charge on any atom is 0.309 e. The molecule has 0 unspecified atom stereocenters. The molecule has 0 aliphatic carbocycles. The molecule has 0 saturated carbocycles. The van der Waals surface area contributed by atoms with Crippen LogP contribution in [0.3, 0.4) is 0 Å². The number of carbonyl (C=O) groups is 1. The lowest BCUT2D eigenvalue weighted by molar-refractivity contribution is -0.385. The van der Waals surface area contributed by atoms with E-state index in [2.05, 4.69) is 31.4 Å². The van der Waals surface area contributed by atoms with Gasteiger partial charge in [-0.05, 0) is 40.5 Å². The van der Waals surface area contributed by atoms with Crippen LogP contribution in [0, 0.1) is 17.0 Å². The van der Waals surface area contributed by atoms with Gasteiger partial charge >= 0.3 is 5.69 Å². The molecule has 2 aromatic heterocycles. The van der Waals surface area contributed by atoms with Crippen LogP contribution in [-0.2, 0) is 17.9 Å². The molecule has 1 amide bonds. The van der Waals surface area contributed by atoms with Crippen molar-refractivity contribution in [3.05, 3.63) is 66.5 Å². The van der Waals surface area contributed by atoms with Gasteiger partial charge in [-0.25, -0.2) is 0 Å². The van der Waals surface area contributed by atoms with Gasteiger partial charge in [0, 0.05) is 29.2 Å². The highest BCUT2D eigenvalue weighted by Gasteiger charge is 2.16. The number of carbonyl (C=O) groups excluding carboxylic acids is 1. The van der Waals surface area contributed by atoms with Gasteiger partial charge in [-0.3, -0.25) is 24.3 Å². The van der Waals surface area contributed by atoms with Crippen LogP contribution in [0.5, 0.6) is 0 Å². The van der Waals surface area contributed by atoms with Crippen LogP contribution >= 0.6 is 39.1 Å². The van der Waals surface area contributed by atoms with Gasteiger partial charge in [0.1, 0.15) is 11.9 Å². The SMILES string of the molecule is Cc1nn(CCC(=O)Nc2nn(Cc3ccc(Cl)cc3Cl)cc2Br)cc1[N+](=O)[O-]. The quantitative estimate of drug-likeness (QED) is 0.380. The maximum atomic E-state index is 12.2. The van der Waals surface area contributed by atoms with Gasteiger partial charge in [-0.2, -0.15) is 10.2 Å². The van der Waals surface area contributed by atoms with E-state index in [0.29, 0.717) is 32.6 Å². The lowest BCUT2D eigenvalue weighted by atomic mass is 10.2. The number of rotatable bonds is 7. The Kier molecular flexibility index (Phi) is 6.56. The van der Waals surface area contributed by atoms with E-state index in [1.54, 1.807) is 29.9 Å². The fourth-order valence-electron chi connectivity index (χ4n) is 2.60. The van der Waals surface area contributed by atoms with Gasteiger partial charge in [-0.1, -0.05) is 29.3 Å². The molecule has 0 atom stereocenters. The molecule has 2 heterocycles. The molecular weight excluding hydrogens is 487 g/mol. The van der Waals surface area contributed by atoms with Crippen LogP contribution in [0.1, 0.15) is 17.7 Å². The van der Waals surface area contributed by atoms with E-state index in [0.717, 1.165) is 5.56 Å². The topological polar surface area (TPSA) is 108 Å². The van der Waals surface area contributed by atoms with Crippen LogP contribution < -0.4 is 5.32 Å². The zero-order valence-corrected chi connectivity index (χ0v) is 18.2. The summed E-state index contributed by atoms with van der Waals surface area (Å²) in [7, 11) is 0. The molecule has 0 radical (unpaired) electrons.